The first-order valence-electron chi connectivity index (χ1n) is 11.9. The lowest BCUT2D eigenvalue weighted by Crippen LogP contribution is -2.47. The topological polar surface area (TPSA) is 60.4 Å². The second kappa shape index (κ2) is 14.6. The second-order valence-electron chi connectivity index (χ2n) is 8.36. The van der Waals surface area contributed by atoms with E-state index in [-0.39, 0.29) is 35.9 Å². The van der Waals surface area contributed by atoms with Gasteiger partial charge in [-0.25, -0.2) is 0 Å². The molecule has 2 aliphatic rings. The van der Waals surface area contributed by atoms with Gasteiger partial charge in [0.05, 0.1) is 12.5 Å². The highest BCUT2D eigenvalue weighted by Gasteiger charge is 2.27. The van der Waals surface area contributed by atoms with Crippen molar-refractivity contribution in [2.45, 2.75) is 32.6 Å². The maximum atomic E-state index is 11.9. The summed E-state index contributed by atoms with van der Waals surface area (Å²) in [5.41, 5.74) is 1.34. The maximum absolute atomic E-state index is 11.9. The molecule has 1 N–H and O–H groups in total. The monoisotopic (exact) mass is 557 g/mol. The fraction of sp³-hybridized carbons (Fsp3) is 0.667. The fourth-order valence-corrected chi connectivity index (χ4v) is 4.45. The third-order valence-corrected chi connectivity index (χ3v) is 6.30. The molecule has 0 radical (unpaired) electrons. The van der Waals surface area contributed by atoms with E-state index in [1.54, 1.807) is 0 Å². The van der Waals surface area contributed by atoms with Gasteiger partial charge in [-0.1, -0.05) is 18.2 Å². The van der Waals surface area contributed by atoms with Crippen LogP contribution < -0.4 is 10.2 Å². The number of nitrogens with zero attached hydrogens (tertiary/aromatic N) is 4. The van der Waals surface area contributed by atoms with Gasteiger partial charge in [-0.2, -0.15) is 0 Å². The molecule has 0 aliphatic carbocycles. The zero-order valence-electron chi connectivity index (χ0n) is 19.7. The van der Waals surface area contributed by atoms with Gasteiger partial charge in [0, 0.05) is 58.5 Å². The summed E-state index contributed by atoms with van der Waals surface area (Å²) in [6, 6.07) is 10.7. The highest BCUT2D eigenvalue weighted by Crippen LogP contribution is 2.19. The standard InChI is InChI=1S/C24H39N5O2.HI/c1-3-31-23(30)21-11-15-29(16-12-21)24(25-2)26-13-7-8-14-27-17-19-28(20-18-27)22-9-5-4-6-10-22;/h4-6,9-10,21H,3,7-8,11-20H2,1-2H3,(H,25,26);1H. The van der Waals surface area contributed by atoms with E-state index in [2.05, 4.69) is 55.3 Å². The summed E-state index contributed by atoms with van der Waals surface area (Å²) >= 11 is 0. The number of carbonyl (C=O) groups is 1. The van der Waals surface area contributed by atoms with Crippen LogP contribution >= 0.6 is 24.0 Å². The van der Waals surface area contributed by atoms with E-state index in [9.17, 15) is 4.79 Å². The van der Waals surface area contributed by atoms with Gasteiger partial charge >= 0.3 is 5.97 Å². The molecule has 3 rings (SSSR count). The van der Waals surface area contributed by atoms with Crippen molar-refractivity contribution < 1.29 is 9.53 Å². The van der Waals surface area contributed by atoms with Crippen LogP contribution in [-0.4, -0.2) is 87.7 Å². The molecular weight excluding hydrogens is 517 g/mol. The Morgan fingerprint density at radius 2 is 1.75 bits per heavy atom. The zero-order chi connectivity index (χ0) is 21.9. The number of carbonyl (C=O) groups excluding carboxylic acids is 1. The lowest BCUT2D eigenvalue weighted by atomic mass is 9.97. The maximum Gasteiger partial charge on any atom is 0.309 e. The minimum absolute atomic E-state index is 0. The van der Waals surface area contributed by atoms with Gasteiger partial charge in [-0.05, 0) is 51.3 Å². The molecule has 8 heteroatoms. The van der Waals surface area contributed by atoms with Crippen molar-refractivity contribution in [1.29, 1.82) is 0 Å². The summed E-state index contributed by atoms with van der Waals surface area (Å²) in [6.45, 7) is 10.6. The van der Waals surface area contributed by atoms with Crippen LogP contribution in [0.25, 0.3) is 0 Å². The first-order chi connectivity index (χ1) is 15.2. The summed E-state index contributed by atoms with van der Waals surface area (Å²) in [6.07, 6.45) is 4.01. The van der Waals surface area contributed by atoms with E-state index in [0.29, 0.717) is 6.61 Å². The minimum atomic E-state index is -0.0466. The summed E-state index contributed by atoms with van der Waals surface area (Å²) in [5.74, 6) is 0.949. The number of hydrogen-bond donors (Lipinski definition) is 1. The van der Waals surface area contributed by atoms with Gasteiger partial charge in [0.25, 0.3) is 0 Å². The van der Waals surface area contributed by atoms with Crippen molar-refractivity contribution in [1.82, 2.24) is 15.1 Å². The molecule has 1 aromatic rings. The van der Waals surface area contributed by atoms with Crippen LogP contribution in [0.2, 0.25) is 0 Å². The highest BCUT2D eigenvalue weighted by atomic mass is 127. The number of nitrogens with one attached hydrogen (secondary N) is 1. The molecule has 180 valence electrons. The van der Waals surface area contributed by atoms with Crippen LogP contribution in [0, 0.1) is 5.92 Å². The lowest BCUT2D eigenvalue weighted by molar-refractivity contribution is -0.149. The first-order valence-corrected chi connectivity index (χ1v) is 11.9. The third-order valence-electron chi connectivity index (χ3n) is 6.30. The molecule has 2 fully saturated rings. The number of aliphatic imine (C=N–C) groups is 1. The van der Waals surface area contributed by atoms with Gasteiger partial charge < -0.3 is 19.9 Å². The number of esters is 1. The molecule has 1 aromatic carbocycles. The summed E-state index contributed by atoms with van der Waals surface area (Å²) in [5, 5.41) is 3.51. The molecule has 0 atom stereocenters. The second-order valence-corrected chi connectivity index (χ2v) is 8.36. The first kappa shape index (κ1) is 26.7. The Kier molecular flexibility index (Phi) is 12.2. The van der Waals surface area contributed by atoms with Gasteiger partial charge in [0.15, 0.2) is 5.96 Å². The molecule has 0 bridgehead atoms. The molecule has 7 nitrogen and oxygen atoms in total. The normalized spacial score (nSPS) is 18.2. The number of rotatable bonds is 8. The molecule has 2 heterocycles. The van der Waals surface area contributed by atoms with Crippen molar-refractivity contribution >= 4 is 41.6 Å². The number of hydrogen-bond acceptors (Lipinski definition) is 5. The van der Waals surface area contributed by atoms with Crippen molar-refractivity contribution in [3.8, 4) is 0 Å². The lowest BCUT2D eigenvalue weighted by Gasteiger charge is -2.36. The van der Waals surface area contributed by atoms with Crippen molar-refractivity contribution in [3.05, 3.63) is 30.3 Å². The van der Waals surface area contributed by atoms with Crippen LogP contribution in [-0.2, 0) is 9.53 Å². The van der Waals surface area contributed by atoms with Crippen LogP contribution in [0.5, 0.6) is 0 Å². The van der Waals surface area contributed by atoms with Crippen LogP contribution in [0.15, 0.2) is 35.3 Å². The highest BCUT2D eigenvalue weighted by molar-refractivity contribution is 14.0. The average molecular weight is 558 g/mol. The number of unbranched alkanes of at least 4 members (excludes halogenated alkanes) is 1. The van der Waals surface area contributed by atoms with Crippen molar-refractivity contribution in [3.63, 3.8) is 0 Å². The van der Waals surface area contributed by atoms with Gasteiger partial charge in [-0.15, -0.1) is 24.0 Å². The number of anilines is 1. The van der Waals surface area contributed by atoms with E-state index in [0.717, 1.165) is 77.6 Å². The fourth-order valence-electron chi connectivity index (χ4n) is 4.45. The van der Waals surface area contributed by atoms with Crippen molar-refractivity contribution in [2.75, 3.05) is 70.9 Å². The summed E-state index contributed by atoms with van der Waals surface area (Å²) < 4.78 is 5.16. The Morgan fingerprint density at radius 1 is 1.06 bits per heavy atom. The predicted octanol–water partition coefficient (Wildman–Crippen LogP) is 3.06. The van der Waals surface area contributed by atoms with Crippen molar-refractivity contribution in [2.24, 2.45) is 10.9 Å². The number of guanidine groups is 1. The SMILES string of the molecule is CCOC(=O)C1CCN(C(=NC)NCCCCN2CCN(c3ccccc3)CC2)CC1.I. The molecule has 2 saturated heterocycles. The van der Waals surface area contributed by atoms with E-state index < -0.39 is 0 Å². The molecule has 0 saturated carbocycles. The van der Waals surface area contributed by atoms with Crippen LogP contribution in [0.3, 0.4) is 0 Å². The summed E-state index contributed by atoms with van der Waals surface area (Å²) in [7, 11) is 1.84. The van der Waals surface area contributed by atoms with E-state index >= 15 is 0 Å². The molecule has 0 unspecified atom stereocenters. The molecule has 32 heavy (non-hydrogen) atoms. The molecule has 0 aromatic heterocycles. The molecule has 0 amide bonds. The van der Waals surface area contributed by atoms with E-state index in [1.807, 2.05) is 14.0 Å². The Bertz CT molecular complexity index is 687. The number of piperazine rings is 1. The number of para-hydroxylation sites is 1. The van der Waals surface area contributed by atoms with Crippen LogP contribution in [0.1, 0.15) is 32.6 Å². The van der Waals surface area contributed by atoms with Gasteiger partial charge in [-0.3, -0.25) is 14.7 Å². The number of benzene rings is 1. The number of piperidine rings is 1. The smallest absolute Gasteiger partial charge is 0.309 e. The quantitative estimate of drug-likeness (QED) is 0.174. The Labute approximate surface area is 210 Å². The Morgan fingerprint density at radius 3 is 2.38 bits per heavy atom. The predicted molar refractivity (Wildman–Crippen MR) is 142 cm³/mol. The zero-order valence-corrected chi connectivity index (χ0v) is 22.0. The van der Waals surface area contributed by atoms with Gasteiger partial charge in [0.1, 0.15) is 0 Å². The Hall–Kier alpha value is -1.55. The summed E-state index contributed by atoms with van der Waals surface area (Å²) in [4.78, 5) is 23.7. The van der Waals surface area contributed by atoms with Gasteiger partial charge in [0.2, 0.25) is 0 Å². The molecule has 0 spiro atoms. The Balaban J connectivity index is 0.00000363. The average Bonchev–Trinajstić information content (AvgIpc) is 2.83. The van der Waals surface area contributed by atoms with E-state index in [1.165, 1.54) is 12.1 Å². The third kappa shape index (κ3) is 8.10. The molecule has 2 aliphatic heterocycles. The van der Waals surface area contributed by atoms with E-state index in [4.69, 9.17) is 4.74 Å². The minimum Gasteiger partial charge on any atom is -0.466 e. The number of ether oxygens (including phenoxy) is 1. The largest absolute Gasteiger partial charge is 0.466 e. The number of likely N-dealkylation sites (tertiary alicyclic amines) is 1. The molecular formula is C24H40IN5O2. The number of halogens is 1. The van der Waals surface area contributed by atoms with Crippen LogP contribution in [0.4, 0.5) is 5.69 Å².